The zero-order chi connectivity index (χ0) is 16.9. The number of carbonyl (C=O) groups excluding carboxylic acids is 2. The lowest BCUT2D eigenvalue weighted by atomic mass is 10.1. The molecule has 2 heterocycles. The molecular weight excluding hydrogens is 312 g/mol. The Bertz CT molecular complexity index is 611. The molecule has 1 atom stereocenters. The molecule has 1 aliphatic carbocycles. The van der Waals surface area contributed by atoms with Gasteiger partial charge in [0.25, 0.3) is 5.89 Å². The van der Waals surface area contributed by atoms with Crippen molar-refractivity contribution in [2.24, 2.45) is 0 Å². The highest BCUT2D eigenvalue weighted by atomic mass is 16.5. The number of piperidine rings is 1. The zero-order valence-electron chi connectivity index (χ0n) is 13.6. The Hall–Kier alpha value is -2.22. The molecule has 0 unspecified atom stereocenters. The first-order valence-electron chi connectivity index (χ1n) is 8.26. The molecule has 0 radical (unpaired) electrons. The van der Waals surface area contributed by atoms with Crippen molar-refractivity contribution in [1.29, 1.82) is 0 Å². The first-order chi connectivity index (χ1) is 11.7. The molecule has 0 spiro atoms. The van der Waals surface area contributed by atoms with Crippen LogP contribution in [0.1, 0.15) is 43.3 Å². The van der Waals surface area contributed by atoms with Gasteiger partial charge in [-0.15, -0.1) is 0 Å². The van der Waals surface area contributed by atoms with Crippen LogP contribution in [0.2, 0.25) is 0 Å². The molecule has 3 rings (SSSR count). The summed E-state index contributed by atoms with van der Waals surface area (Å²) in [5.74, 6) is 1.25. The number of aromatic nitrogens is 2. The van der Waals surface area contributed by atoms with Crippen LogP contribution in [0, 0.1) is 0 Å². The maximum Gasteiger partial charge on any atom is 0.252 e. The summed E-state index contributed by atoms with van der Waals surface area (Å²) >= 11 is 0. The molecule has 130 valence electrons. The molecule has 2 aliphatic rings. The summed E-state index contributed by atoms with van der Waals surface area (Å²) in [5.41, 5.74) is 0. The fourth-order valence-electron chi connectivity index (χ4n) is 2.73. The smallest absolute Gasteiger partial charge is 0.252 e. The lowest BCUT2D eigenvalue weighted by Gasteiger charge is -2.32. The molecule has 24 heavy (non-hydrogen) atoms. The summed E-state index contributed by atoms with van der Waals surface area (Å²) in [5, 5.41) is 6.73. The first kappa shape index (κ1) is 16.6. The van der Waals surface area contributed by atoms with E-state index in [1.807, 2.05) is 0 Å². The van der Waals surface area contributed by atoms with E-state index in [0.717, 1.165) is 31.5 Å². The molecule has 2 fully saturated rings. The van der Waals surface area contributed by atoms with E-state index >= 15 is 0 Å². The van der Waals surface area contributed by atoms with Crippen LogP contribution in [0.3, 0.4) is 0 Å². The van der Waals surface area contributed by atoms with Crippen molar-refractivity contribution in [3.63, 3.8) is 0 Å². The number of hydrogen-bond acceptors (Lipinski definition) is 6. The van der Waals surface area contributed by atoms with E-state index in [1.54, 1.807) is 4.90 Å². The van der Waals surface area contributed by atoms with Gasteiger partial charge in [0.2, 0.25) is 11.8 Å². The van der Waals surface area contributed by atoms with Crippen molar-refractivity contribution < 1.29 is 18.8 Å². The van der Waals surface area contributed by atoms with Crippen molar-refractivity contribution in [2.75, 3.05) is 19.7 Å². The Morgan fingerprint density at radius 1 is 1.42 bits per heavy atom. The third kappa shape index (κ3) is 4.41. The van der Waals surface area contributed by atoms with Crippen molar-refractivity contribution >= 4 is 11.8 Å². The van der Waals surface area contributed by atoms with Gasteiger partial charge in [0.1, 0.15) is 13.2 Å². The molecule has 2 amide bonds. The van der Waals surface area contributed by atoms with E-state index < -0.39 is 0 Å². The van der Waals surface area contributed by atoms with Gasteiger partial charge < -0.3 is 19.5 Å². The molecule has 1 aliphatic heterocycles. The van der Waals surface area contributed by atoms with Crippen molar-refractivity contribution in [1.82, 2.24) is 20.4 Å². The van der Waals surface area contributed by atoms with Crippen LogP contribution in [0.25, 0.3) is 0 Å². The van der Waals surface area contributed by atoms with Gasteiger partial charge in [-0.3, -0.25) is 9.59 Å². The van der Waals surface area contributed by atoms with Gasteiger partial charge >= 0.3 is 0 Å². The van der Waals surface area contributed by atoms with Gasteiger partial charge in [0, 0.05) is 25.0 Å². The molecular formula is C16H22N4O4. The fourth-order valence-corrected chi connectivity index (χ4v) is 2.73. The lowest BCUT2D eigenvalue weighted by molar-refractivity contribution is -0.138. The Kier molecular flexibility index (Phi) is 5.24. The summed E-state index contributed by atoms with van der Waals surface area (Å²) in [6.07, 6.45) is 5.16. The molecule has 1 aromatic heterocycles. The largest absolute Gasteiger partial charge is 0.362 e. The van der Waals surface area contributed by atoms with Gasteiger partial charge in [-0.1, -0.05) is 11.7 Å². The number of amides is 2. The molecule has 1 saturated carbocycles. The summed E-state index contributed by atoms with van der Waals surface area (Å²) in [6, 6.07) is -0.0368. The molecule has 0 bridgehead atoms. The van der Waals surface area contributed by atoms with Gasteiger partial charge in [-0.05, 0) is 31.8 Å². The van der Waals surface area contributed by atoms with Crippen LogP contribution in [0.15, 0.2) is 17.2 Å². The first-order valence-corrected chi connectivity index (χ1v) is 8.26. The summed E-state index contributed by atoms with van der Waals surface area (Å²) < 4.78 is 10.5. The average Bonchev–Trinajstić information content (AvgIpc) is 3.34. The van der Waals surface area contributed by atoms with Gasteiger partial charge in [0.05, 0.1) is 0 Å². The highest BCUT2D eigenvalue weighted by molar-refractivity contribution is 5.87. The second kappa shape index (κ2) is 7.57. The van der Waals surface area contributed by atoms with E-state index in [-0.39, 0.29) is 31.1 Å². The van der Waals surface area contributed by atoms with Crippen molar-refractivity contribution in [2.45, 2.75) is 44.2 Å². The van der Waals surface area contributed by atoms with Gasteiger partial charge in [-0.2, -0.15) is 4.98 Å². The van der Waals surface area contributed by atoms with Crippen LogP contribution in [-0.2, 0) is 20.9 Å². The normalized spacial score (nSPS) is 20.7. The number of hydrogen-bond donors (Lipinski definition) is 1. The predicted molar refractivity (Wildman–Crippen MR) is 83.9 cm³/mol. The predicted octanol–water partition coefficient (Wildman–Crippen LogP) is 0.757. The number of nitrogens with one attached hydrogen (secondary N) is 1. The van der Waals surface area contributed by atoms with Crippen LogP contribution in [0.4, 0.5) is 0 Å². The topological polar surface area (TPSA) is 97.6 Å². The van der Waals surface area contributed by atoms with E-state index in [4.69, 9.17) is 9.26 Å². The summed E-state index contributed by atoms with van der Waals surface area (Å²) in [6.45, 7) is 4.70. The quantitative estimate of drug-likeness (QED) is 0.739. The second-order valence-corrected chi connectivity index (χ2v) is 6.21. The number of carbonyl (C=O) groups is 2. The molecule has 1 N–H and O–H groups in total. The van der Waals surface area contributed by atoms with Crippen LogP contribution < -0.4 is 5.32 Å². The van der Waals surface area contributed by atoms with Crippen molar-refractivity contribution in [3.05, 3.63) is 24.4 Å². The third-order valence-electron chi connectivity index (χ3n) is 4.18. The van der Waals surface area contributed by atoms with Crippen LogP contribution >= 0.6 is 0 Å². The Labute approximate surface area is 140 Å². The summed E-state index contributed by atoms with van der Waals surface area (Å²) in [7, 11) is 0. The van der Waals surface area contributed by atoms with Gasteiger partial charge in [0.15, 0.2) is 5.82 Å². The third-order valence-corrected chi connectivity index (χ3v) is 4.18. The standard InChI is InChI=1S/C16H22N4O4/c1-2-13(21)17-12-4-3-7-20(8-12)15(22)10-23-9-14-18-16(19-24-14)11-5-6-11/h2,11-12H,1,3-10H2,(H,17,21)/t12-/m1/s1. The zero-order valence-corrected chi connectivity index (χ0v) is 13.6. The van der Waals surface area contributed by atoms with E-state index in [9.17, 15) is 9.59 Å². The minimum Gasteiger partial charge on any atom is -0.362 e. The number of nitrogens with zero attached hydrogens (tertiary/aromatic N) is 3. The van der Waals surface area contributed by atoms with E-state index in [1.165, 1.54) is 6.08 Å². The lowest BCUT2D eigenvalue weighted by Crippen LogP contribution is -2.50. The number of rotatable bonds is 7. The highest BCUT2D eigenvalue weighted by Crippen LogP contribution is 2.38. The molecule has 8 heteroatoms. The van der Waals surface area contributed by atoms with Crippen molar-refractivity contribution in [3.8, 4) is 0 Å². The average molecular weight is 334 g/mol. The maximum atomic E-state index is 12.2. The fraction of sp³-hybridized carbons (Fsp3) is 0.625. The molecule has 1 saturated heterocycles. The highest BCUT2D eigenvalue weighted by Gasteiger charge is 2.29. The van der Waals surface area contributed by atoms with Crippen LogP contribution in [-0.4, -0.2) is 52.6 Å². The molecule has 8 nitrogen and oxygen atoms in total. The van der Waals surface area contributed by atoms with E-state index in [0.29, 0.717) is 24.9 Å². The minimum atomic E-state index is -0.214. The maximum absolute atomic E-state index is 12.2. The SMILES string of the molecule is C=CC(=O)N[C@@H]1CCCN(C(=O)COCc2nc(C3CC3)no2)C1. The number of ether oxygens (including phenoxy) is 1. The molecule has 1 aromatic rings. The Balaban J connectivity index is 1.40. The van der Waals surface area contributed by atoms with E-state index in [2.05, 4.69) is 22.0 Å². The van der Waals surface area contributed by atoms with Gasteiger partial charge in [-0.25, -0.2) is 0 Å². The Morgan fingerprint density at radius 3 is 3.00 bits per heavy atom. The minimum absolute atomic E-state index is 0.0368. The molecule has 0 aromatic carbocycles. The monoisotopic (exact) mass is 334 g/mol. The Morgan fingerprint density at radius 2 is 2.25 bits per heavy atom. The van der Waals surface area contributed by atoms with Crippen LogP contribution in [0.5, 0.6) is 0 Å². The number of likely N-dealkylation sites (tertiary alicyclic amines) is 1. The second-order valence-electron chi connectivity index (χ2n) is 6.21. The summed E-state index contributed by atoms with van der Waals surface area (Å²) in [4.78, 5) is 29.5.